The summed E-state index contributed by atoms with van der Waals surface area (Å²) in [6.45, 7) is 4.03. The zero-order valence-electron chi connectivity index (χ0n) is 11.5. The van der Waals surface area contributed by atoms with E-state index in [4.69, 9.17) is 5.73 Å². The fourth-order valence-electron chi connectivity index (χ4n) is 1.77. The Hall–Kier alpha value is -1.41. The number of nitrogens with one attached hydrogen (secondary N) is 1. The SMILES string of the molecule is CCc1cc2c(NCCS(=O)(=O)CC)nc(N)nc2s1. The first kappa shape index (κ1) is 15.0. The molecule has 0 aliphatic carbocycles. The van der Waals surface area contributed by atoms with Crippen LogP contribution in [0.15, 0.2) is 6.07 Å². The number of nitrogens with two attached hydrogens (primary N) is 1. The van der Waals surface area contributed by atoms with Crippen LogP contribution in [-0.4, -0.2) is 36.4 Å². The van der Waals surface area contributed by atoms with E-state index >= 15 is 0 Å². The molecule has 2 heterocycles. The highest BCUT2D eigenvalue weighted by Gasteiger charge is 2.11. The monoisotopic (exact) mass is 314 g/mol. The number of hydrogen-bond donors (Lipinski definition) is 2. The molecule has 110 valence electrons. The Morgan fingerprint density at radius 1 is 1.35 bits per heavy atom. The molecule has 3 N–H and O–H groups in total. The zero-order valence-corrected chi connectivity index (χ0v) is 13.1. The Balaban J connectivity index is 2.22. The Morgan fingerprint density at radius 3 is 2.75 bits per heavy atom. The van der Waals surface area contributed by atoms with Crippen molar-refractivity contribution in [1.29, 1.82) is 0 Å². The third-order valence-corrected chi connectivity index (χ3v) is 5.83. The van der Waals surface area contributed by atoms with E-state index in [1.807, 2.05) is 6.07 Å². The third-order valence-electron chi connectivity index (χ3n) is 2.95. The number of aromatic nitrogens is 2. The van der Waals surface area contributed by atoms with Crippen molar-refractivity contribution in [1.82, 2.24) is 9.97 Å². The van der Waals surface area contributed by atoms with Crippen molar-refractivity contribution >= 4 is 43.2 Å². The summed E-state index contributed by atoms with van der Waals surface area (Å²) in [7, 11) is -2.99. The third kappa shape index (κ3) is 3.37. The van der Waals surface area contributed by atoms with Crippen molar-refractivity contribution in [2.45, 2.75) is 20.3 Å². The van der Waals surface area contributed by atoms with E-state index in [9.17, 15) is 8.42 Å². The second-order valence-corrected chi connectivity index (χ2v) is 7.97. The minimum Gasteiger partial charge on any atom is -0.368 e. The van der Waals surface area contributed by atoms with Gasteiger partial charge in [-0.15, -0.1) is 11.3 Å². The van der Waals surface area contributed by atoms with Crippen molar-refractivity contribution in [2.75, 3.05) is 29.1 Å². The lowest BCUT2D eigenvalue weighted by molar-refractivity contribution is 0.597. The van der Waals surface area contributed by atoms with Crippen molar-refractivity contribution < 1.29 is 8.42 Å². The van der Waals surface area contributed by atoms with Gasteiger partial charge in [-0.25, -0.2) is 13.4 Å². The van der Waals surface area contributed by atoms with Crippen LogP contribution < -0.4 is 11.1 Å². The molecule has 6 nitrogen and oxygen atoms in total. The van der Waals surface area contributed by atoms with Crippen molar-refractivity contribution in [3.05, 3.63) is 10.9 Å². The Bertz CT molecular complexity index is 710. The molecule has 0 atom stereocenters. The number of thiophene rings is 1. The Kier molecular flexibility index (Phi) is 4.44. The maximum absolute atomic E-state index is 11.5. The van der Waals surface area contributed by atoms with Gasteiger partial charge < -0.3 is 11.1 Å². The van der Waals surface area contributed by atoms with E-state index in [1.54, 1.807) is 18.3 Å². The summed E-state index contributed by atoms with van der Waals surface area (Å²) in [6, 6.07) is 2.02. The van der Waals surface area contributed by atoms with E-state index in [2.05, 4.69) is 22.2 Å². The van der Waals surface area contributed by atoms with E-state index in [0.29, 0.717) is 12.4 Å². The summed E-state index contributed by atoms with van der Waals surface area (Å²) in [5.74, 6) is 1.03. The van der Waals surface area contributed by atoms with Gasteiger partial charge in [0.25, 0.3) is 0 Å². The van der Waals surface area contributed by atoms with Crippen LogP contribution >= 0.6 is 11.3 Å². The molecule has 0 aromatic carbocycles. The lowest BCUT2D eigenvalue weighted by Gasteiger charge is -2.07. The highest BCUT2D eigenvalue weighted by atomic mass is 32.2. The number of anilines is 2. The van der Waals surface area contributed by atoms with Crippen LogP contribution in [0, 0.1) is 0 Å². The first-order valence-corrected chi connectivity index (χ1v) is 9.09. The van der Waals surface area contributed by atoms with Crippen LogP contribution in [-0.2, 0) is 16.3 Å². The number of aryl methyl sites for hydroxylation is 1. The van der Waals surface area contributed by atoms with Crippen LogP contribution in [0.25, 0.3) is 10.2 Å². The number of hydrogen-bond acceptors (Lipinski definition) is 7. The molecule has 0 fully saturated rings. The van der Waals surface area contributed by atoms with Crippen LogP contribution in [0.2, 0.25) is 0 Å². The number of sulfone groups is 1. The zero-order chi connectivity index (χ0) is 14.8. The average Bonchev–Trinajstić information content (AvgIpc) is 2.81. The van der Waals surface area contributed by atoms with E-state index in [0.717, 1.165) is 16.6 Å². The second kappa shape index (κ2) is 5.92. The minimum absolute atomic E-state index is 0.0830. The molecule has 2 aromatic heterocycles. The molecule has 0 saturated heterocycles. The molecular weight excluding hydrogens is 296 g/mol. The summed E-state index contributed by atoms with van der Waals surface area (Å²) in [6.07, 6.45) is 0.921. The molecule has 0 unspecified atom stereocenters. The molecule has 20 heavy (non-hydrogen) atoms. The van der Waals surface area contributed by atoms with Crippen LogP contribution in [0.4, 0.5) is 11.8 Å². The summed E-state index contributed by atoms with van der Waals surface area (Å²) in [5.41, 5.74) is 5.69. The average molecular weight is 314 g/mol. The van der Waals surface area contributed by atoms with Crippen LogP contribution in [0.3, 0.4) is 0 Å². The van der Waals surface area contributed by atoms with Gasteiger partial charge in [0, 0.05) is 17.2 Å². The molecular formula is C12H18N4O2S2. The predicted molar refractivity (Wildman–Crippen MR) is 84.0 cm³/mol. The number of rotatable bonds is 6. The molecule has 0 bridgehead atoms. The molecule has 2 aromatic rings. The van der Waals surface area contributed by atoms with Gasteiger partial charge in [0.2, 0.25) is 5.95 Å². The van der Waals surface area contributed by atoms with Crippen LogP contribution in [0.5, 0.6) is 0 Å². The molecule has 0 amide bonds. The normalized spacial score (nSPS) is 11.9. The van der Waals surface area contributed by atoms with Gasteiger partial charge in [-0.05, 0) is 12.5 Å². The highest BCUT2D eigenvalue weighted by molar-refractivity contribution is 7.91. The summed E-state index contributed by atoms with van der Waals surface area (Å²) < 4.78 is 23.0. The summed E-state index contributed by atoms with van der Waals surface area (Å²) in [5, 5.41) is 3.95. The van der Waals surface area contributed by atoms with E-state index < -0.39 is 9.84 Å². The topological polar surface area (TPSA) is 98.0 Å². The molecule has 0 saturated carbocycles. The van der Waals surface area contributed by atoms with E-state index in [-0.39, 0.29) is 17.5 Å². The fourth-order valence-corrected chi connectivity index (χ4v) is 3.44. The standard InChI is InChI=1S/C12H18N4O2S2/c1-3-8-7-9-10(14-5-6-20(17,18)4-2)15-12(13)16-11(9)19-8/h7H,3-6H2,1-2H3,(H3,13,14,15,16). The quantitative estimate of drug-likeness (QED) is 0.842. The molecule has 8 heteroatoms. The second-order valence-electron chi connectivity index (χ2n) is 4.38. The molecule has 0 aliphatic rings. The summed E-state index contributed by atoms with van der Waals surface area (Å²) in [4.78, 5) is 10.4. The van der Waals surface area contributed by atoms with Crippen LogP contribution in [0.1, 0.15) is 18.7 Å². The number of nitrogens with zero attached hydrogens (tertiary/aromatic N) is 2. The maximum atomic E-state index is 11.5. The van der Waals surface area contributed by atoms with Gasteiger partial charge in [-0.3, -0.25) is 0 Å². The molecule has 2 rings (SSSR count). The minimum atomic E-state index is -2.99. The molecule has 0 aliphatic heterocycles. The maximum Gasteiger partial charge on any atom is 0.223 e. The van der Waals surface area contributed by atoms with Crippen molar-refractivity contribution in [3.63, 3.8) is 0 Å². The number of fused-ring (bicyclic) bond motifs is 1. The Labute approximate surface area is 122 Å². The first-order chi connectivity index (χ1) is 9.45. The Morgan fingerprint density at radius 2 is 2.10 bits per heavy atom. The molecule has 0 radical (unpaired) electrons. The first-order valence-electron chi connectivity index (χ1n) is 6.45. The lowest BCUT2D eigenvalue weighted by Crippen LogP contribution is -2.18. The highest BCUT2D eigenvalue weighted by Crippen LogP contribution is 2.29. The van der Waals surface area contributed by atoms with Gasteiger partial charge in [-0.1, -0.05) is 13.8 Å². The smallest absolute Gasteiger partial charge is 0.223 e. The lowest BCUT2D eigenvalue weighted by atomic mass is 10.3. The van der Waals surface area contributed by atoms with Gasteiger partial charge in [0.15, 0.2) is 9.84 Å². The van der Waals surface area contributed by atoms with Crippen molar-refractivity contribution in [3.8, 4) is 0 Å². The van der Waals surface area contributed by atoms with Gasteiger partial charge >= 0.3 is 0 Å². The van der Waals surface area contributed by atoms with Gasteiger partial charge in [-0.2, -0.15) is 4.98 Å². The largest absolute Gasteiger partial charge is 0.368 e. The van der Waals surface area contributed by atoms with E-state index in [1.165, 1.54) is 4.88 Å². The molecule has 0 spiro atoms. The van der Waals surface area contributed by atoms with Crippen molar-refractivity contribution in [2.24, 2.45) is 0 Å². The number of nitrogen functional groups attached to an aromatic ring is 1. The predicted octanol–water partition coefficient (Wildman–Crippen LogP) is 1.68. The van der Waals surface area contributed by atoms with Gasteiger partial charge in [0.05, 0.1) is 11.1 Å². The fraction of sp³-hybridized carbons (Fsp3) is 0.500. The summed E-state index contributed by atoms with van der Waals surface area (Å²) >= 11 is 1.58. The van der Waals surface area contributed by atoms with Gasteiger partial charge in [0.1, 0.15) is 10.6 Å².